The van der Waals surface area contributed by atoms with Crippen molar-refractivity contribution >= 4 is 17.1 Å². The van der Waals surface area contributed by atoms with Crippen LogP contribution in [0, 0.1) is 0 Å². The van der Waals surface area contributed by atoms with Crippen LogP contribution in [0.3, 0.4) is 0 Å². The van der Waals surface area contributed by atoms with Crippen molar-refractivity contribution in [2.45, 2.75) is 31.7 Å². The van der Waals surface area contributed by atoms with E-state index in [1.165, 1.54) is 24.3 Å². The number of nitrogens with zero attached hydrogens (tertiary/aromatic N) is 3. The van der Waals surface area contributed by atoms with Crippen LogP contribution in [0.25, 0.3) is 0 Å². The van der Waals surface area contributed by atoms with E-state index >= 15 is 0 Å². The molecule has 0 saturated carbocycles. The number of alkyl halides is 3. The number of azo groups is 1. The Labute approximate surface area is 162 Å². The van der Waals surface area contributed by atoms with Gasteiger partial charge in [-0.25, -0.2) is 0 Å². The maximum Gasteiger partial charge on any atom is 0.435 e. The Hall–Kier alpha value is -2.45. The molecule has 2 N–H and O–H groups in total. The molecule has 5 nitrogen and oxygen atoms in total. The van der Waals surface area contributed by atoms with Gasteiger partial charge in [0.1, 0.15) is 0 Å². The summed E-state index contributed by atoms with van der Waals surface area (Å²) in [6, 6.07) is 12.6. The second kappa shape index (κ2) is 9.16. The highest BCUT2D eigenvalue weighted by Crippen LogP contribution is 2.37. The third-order valence-corrected chi connectivity index (χ3v) is 4.25. The van der Waals surface area contributed by atoms with E-state index in [4.69, 9.17) is 0 Å². The first-order chi connectivity index (χ1) is 13.2. The summed E-state index contributed by atoms with van der Waals surface area (Å²) in [6.07, 6.45) is -3.61. The minimum atomic E-state index is -4.85. The second-order valence-electron chi connectivity index (χ2n) is 6.65. The number of unbranched alkanes of at least 4 members (excludes halogenated alkanes) is 1. The first kappa shape index (κ1) is 21.8. The van der Waals surface area contributed by atoms with E-state index in [-0.39, 0.29) is 12.1 Å². The maximum atomic E-state index is 13.4. The number of anilines is 1. The fraction of sp³-hybridized carbons (Fsp3) is 0.400. The molecule has 2 aromatic carbocycles. The van der Waals surface area contributed by atoms with Crippen LogP contribution in [0.15, 0.2) is 58.8 Å². The molecule has 28 heavy (non-hydrogen) atoms. The van der Waals surface area contributed by atoms with E-state index in [0.717, 1.165) is 12.1 Å². The summed E-state index contributed by atoms with van der Waals surface area (Å²) in [5.74, 6) is 0. The smallest absolute Gasteiger partial charge is 0.378 e. The Morgan fingerprint density at radius 3 is 1.86 bits per heavy atom. The Bertz CT molecular complexity index is 774. The summed E-state index contributed by atoms with van der Waals surface area (Å²) in [6.45, 7) is 1.92. The van der Waals surface area contributed by atoms with E-state index in [9.17, 15) is 18.3 Å². The molecule has 0 aliphatic heterocycles. The van der Waals surface area contributed by atoms with Gasteiger partial charge in [0.2, 0.25) is 5.72 Å². The second-order valence-corrected chi connectivity index (χ2v) is 6.65. The van der Waals surface area contributed by atoms with E-state index < -0.39 is 11.9 Å². The molecular formula is C20H25F3N4O. The van der Waals surface area contributed by atoms with Gasteiger partial charge in [-0.2, -0.15) is 23.4 Å². The number of hydrogen-bond acceptors (Lipinski definition) is 5. The number of hydrogen-bond donors (Lipinski definition) is 2. The molecule has 8 heteroatoms. The number of benzene rings is 2. The molecule has 0 radical (unpaired) electrons. The van der Waals surface area contributed by atoms with Gasteiger partial charge in [0.05, 0.1) is 11.4 Å². The maximum absolute atomic E-state index is 13.4. The van der Waals surface area contributed by atoms with Crippen LogP contribution in [0.4, 0.5) is 30.2 Å². The Kier molecular flexibility index (Phi) is 7.15. The van der Waals surface area contributed by atoms with Gasteiger partial charge in [-0.3, -0.25) is 5.32 Å². The van der Waals surface area contributed by atoms with Gasteiger partial charge >= 0.3 is 6.18 Å². The summed E-state index contributed by atoms with van der Waals surface area (Å²) in [4.78, 5) is 1.95. The fourth-order valence-corrected chi connectivity index (χ4v) is 2.51. The largest absolute Gasteiger partial charge is 0.435 e. The van der Waals surface area contributed by atoms with E-state index in [2.05, 4.69) is 15.5 Å². The van der Waals surface area contributed by atoms with Crippen LogP contribution < -0.4 is 10.2 Å². The zero-order valence-corrected chi connectivity index (χ0v) is 16.2. The van der Waals surface area contributed by atoms with Gasteiger partial charge < -0.3 is 10.0 Å². The average molecular weight is 394 g/mol. The van der Waals surface area contributed by atoms with Crippen molar-refractivity contribution in [3.63, 3.8) is 0 Å². The molecule has 0 spiro atoms. The van der Waals surface area contributed by atoms with Crippen molar-refractivity contribution in [3.05, 3.63) is 54.1 Å². The number of aliphatic hydroxyl groups is 1. The predicted octanol–water partition coefficient (Wildman–Crippen LogP) is 5.27. The number of nitrogens with one attached hydrogen (secondary N) is 1. The van der Waals surface area contributed by atoms with Crippen LogP contribution in [-0.2, 0) is 5.72 Å². The van der Waals surface area contributed by atoms with Gasteiger partial charge in [0.25, 0.3) is 0 Å². The molecule has 0 aromatic heterocycles. The van der Waals surface area contributed by atoms with Crippen LogP contribution in [0.5, 0.6) is 0 Å². The minimum absolute atomic E-state index is 0.0525. The molecule has 0 heterocycles. The van der Waals surface area contributed by atoms with Gasteiger partial charge in [0.15, 0.2) is 0 Å². The third-order valence-electron chi connectivity index (χ3n) is 4.25. The Morgan fingerprint density at radius 1 is 0.929 bits per heavy atom. The van der Waals surface area contributed by atoms with Gasteiger partial charge in [-0.1, -0.05) is 25.5 Å². The molecule has 152 valence electrons. The van der Waals surface area contributed by atoms with E-state index in [1.54, 1.807) is 12.1 Å². The van der Waals surface area contributed by atoms with Gasteiger partial charge in [-0.05, 0) is 49.4 Å². The van der Waals surface area contributed by atoms with Crippen LogP contribution in [0.2, 0.25) is 0 Å². The molecular weight excluding hydrogens is 369 g/mol. The minimum Gasteiger partial charge on any atom is -0.378 e. The van der Waals surface area contributed by atoms with Gasteiger partial charge in [-0.15, -0.1) is 0 Å². The topological polar surface area (TPSA) is 60.2 Å². The monoisotopic (exact) mass is 394 g/mol. The molecule has 0 aliphatic rings. The predicted molar refractivity (Wildman–Crippen MR) is 104 cm³/mol. The van der Waals surface area contributed by atoms with Crippen molar-refractivity contribution < 1.29 is 18.3 Å². The van der Waals surface area contributed by atoms with Crippen LogP contribution in [-0.4, -0.2) is 31.9 Å². The lowest BCUT2D eigenvalue weighted by Crippen LogP contribution is -2.54. The lowest BCUT2D eigenvalue weighted by molar-refractivity contribution is -0.279. The zero-order chi connectivity index (χ0) is 20.8. The molecule has 0 aliphatic carbocycles. The lowest BCUT2D eigenvalue weighted by Gasteiger charge is -2.32. The molecule has 2 rings (SSSR count). The van der Waals surface area contributed by atoms with Crippen LogP contribution in [0.1, 0.15) is 25.3 Å². The number of rotatable bonds is 8. The molecule has 1 atom stereocenters. The first-order valence-electron chi connectivity index (χ1n) is 9.01. The van der Waals surface area contributed by atoms with Crippen molar-refractivity contribution in [1.29, 1.82) is 0 Å². The zero-order valence-electron chi connectivity index (χ0n) is 16.2. The molecule has 2 aromatic rings. The molecule has 0 amide bonds. The van der Waals surface area contributed by atoms with Crippen molar-refractivity contribution in [3.8, 4) is 0 Å². The number of halogens is 3. The van der Waals surface area contributed by atoms with E-state index in [0.29, 0.717) is 17.8 Å². The summed E-state index contributed by atoms with van der Waals surface area (Å²) in [7, 11) is 3.86. The molecule has 0 fully saturated rings. The normalized spacial score (nSPS) is 14.2. The Morgan fingerprint density at radius 2 is 1.43 bits per heavy atom. The third kappa shape index (κ3) is 5.30. The molecule has 1 unspecified atom stereocenters. The quantitative estimate of drug-likeness (QED) is 0.364. The molecule has 0 saturated heterocycles. The fourth-order valence-electron chi connectivity index (χ4n) is 2.51. The first-order valence-corrected chi connectivity index (χ1v) is 9.01. The highest BCUT2D eigenvalue weighted by Gasteiger charge is 2.54. The standard InChI is InChI=1S/C20H25F3N4O/c1-4-5-14-24-19(28,20(21,22)23)15-6-8-16(9-7-15)25-26-17-10-12-18(13-11-17)27(2)3/h6-13,24,28H,4-5,14H2,1-3H3. The lowest BCUT2D eigenvalue weighted by atomic mass is 10.0. The summed E-state index contributed by atoms with van der Waals surface area (Å²) in [5.41, 5.74) is -1.35. The van der Waals surface area contributed by atoms with Crippen molar-refractivity contribution in [2.24, 2.45) is 10.2 Å². The van der Waals surface area contributed by atoms with E-state index in [1.807, 2.05) is 38.1 Å². The highest BCUT2D eigenvalue weighted by atomic mass is 19.4. The van der Waals surface area contributed by atoms with Crippen LogP contribution >= 0.6 is 0 Å². The average Bonchev–Trinajstić information content (AvgIpc) is 2.66. The SMILES string of the molecule is CCCCNC(O)(c1ccc(N=Nc2ccc(N(C)C)cc2)cc1)C(F)(F)F. The van der Waals surface area contributed by atoms with Crippen molar-refractivity contribution in [1.82, 2.24) is 5.32 Å². The summed E-state index contributed by atoms with van der Waals surface area (Å²) in [5, 5.41) is 20.6. The summed E-state index contributed by atoms with van der Waals surface area (Å²) >= 11 is 0. The molecule has 0 bridgehead atoms. The van der Waals surface area contributed by atoms with Gasteiger partial charge in [0, 0.05) is 25.3 Å². The summed E-state index contributed by atoms with van der Waals surface area (Å²) < 4.78 is 40.3. The Balaban J connectivity index is 2.16. The van der Waals surface area contributed by atoms with Crippen molar-refractivity contribution in [2.75, 3.05) is 25.5 Å². The highest BCUT2D eigenvalue weighted by molar-refractivity contribution is 5.52.